The van der Waals surface area contributed by atoms with Crippen molar-refractivity contribution in [3.8, 4) is 11.1 Å². The van der Waals surface area contributed by atoms with Crippen LogP contribution in [0.2, 0.25) is 10.0 Å². The van der Waals surface area contributed by atoms with Crippen molar-refractivity contribution in [1.82, 2.24) is 10.6 Å². The minimum atomic E-state index is -0.772. The highest BCUT2D eigenvalue weighted by molar-refractivity contribution is 6.42. The molecule has 0 amide bonds. The average molecular weight is 471 g/mol. The van der Waals surface area contributed by atoms with Gasteiger partial charge in [0.1, 0.15) is 6.23 Å². The SMILES string of the molecule is OC(NC[C@@H]1CCNCCO[C@H]1c1ccc(Cl)c(Cl)c1)c1cccc(-c2ccccc2)c1. The van der Waals surface area contributed by atoms with E-state index in [0.29, 0.717) is 23.2 Å². The molecule has 3 atom stereocenters. The van der Waals surface area contributed by atoms with Crippen LogP contribution < -0.4 is 10.6 Å². The van der Waals surface area contributed by atoms with E-state index in [1.165, 1.54) is 0 Å². The Labute approximate surface area is 199 Å². The molecule has 3 aromatic rings. The van der Waals surface area contributed by atoms with Crippen LogP contribution in [0.1, 0.15) is 29.9 Å². The van der Waals surface area contributed by atoms with Gasteiger partial charge in [-0.05, 0) is 53.4 Å². The van der Waals surface area contributed by atoms with Crippen LogP contribution in [-0.2, 0) is 4.74 Å². The van der Waals surface area contributed by atoms with E-state index in [-0.39, 0.29) is 12.0 Å². The number of aliphatic hydroxyl groups excluding tert-OH is 1. The second kappa shape index (κ2) is 11.3. The van der Waals surface area contributed by atoms with Crippen molar-refractivity contribution in [3.05, 3.63) is 94.0 Å². The quantitative estimate of drug-likeness (QED) is 0.409. The number of benzene rings is 3. The fraction of sp³-hybridized carbons (Fsp3) is 0.308. The molecule has 168 valence electrons. The van der Waals surface area contributed by atoms with Crippen LogP contribution in [0.5, 0.6) is 0 Å². The first-order valence-corrected chi connectivity index (χ1v) is 11.7. The maximum atomic E-state index is 10.9. The van der Waals surface area contributed by atoms with Gasteiger partial charge < -0.3 is 15.2 Å². The van der Waals surface area contributed by atoms with Crippen LogP contribution in [0, 0.1) is 5.92 Å². The predicted octanol–water partition coefficient (Wildman–Crippen LogP) is 5.61. The van der Waals surface area contributed by atoms with E-state index in [1.54, 1.807) is 0 Å². The van der Waals surface area contributed by atoms with Gasteiger partial charge in [0.2, 0.25) is 0 Å². The lowest BCUT2D eigenvalue weighted by atomic mass is 9.91. The topological polar surface area (TPSA) is 53.5 Å². The van der Waals surface area contributed by atoms with Crippen LogP contribution in [0.3, 0.4) is 0 Å². The van der Waals surface area contributed by atoms with Crippen molar-refractivity contribution in [1.29, 1.82) is 0 Å². The molecule has 32 heavy (non-hydrogen) atoms. The lowest BCUT2D eigenvalue weighted by Crippen LogP contribution is -2.36. The lowest BCUT2D eigenvalue weighted by molar-refractivity contribution is -0.00404. The molecule has 0 aromatic heterocycles. The van der Waals surface area contributed by atoms with Gasteiger partial charge in [-0.25, -0.2) is 0 Å². The molecule has 3 aromatic carbocycles. The minimum absolute atomic E-state index is 0.123. The van der Waals surface area contributed by atoms with Crippen LogP contribution in [-0.4, -0.2) is 31.3 Å². The summed E-state index contributed by atoms with van der Waals surface area (Å²) in [5.41, 5.74) is 4.05. The Morgan fingerprint density at radius 2 is 1.75 bits per heavy atom. The van der Waals surface area contributed by atoms with Crippen LogP contribution in [0.15, 0.2) is 72.8 Å². The highest BCUT2D eigenvalue weighted by Crippen LogP contribution is 2.33. The molecule has 0 radical (unpaired) electrons. The molecule has 0 saturated carbocycles. The molecule has 1 unspecified atom stereocenters. The molecule has 1 heterocycles. The van der Waals surface area contributed by atoms with Crippen molar-refractivity contribution < 1.29 is 9.84 Å². The van der Waals surface area contributed by atoms with Gasteiger partial charge in [0.15, 0.2) is 0 Å². The number of hydrogen-bond donors (Lipinski definition) is 3. The van der Waals surface area contributed by atoms with Crippen molar-refractivity contribution in [2.75, 3.05) is 26.2 Å². The molecular formula is C26H28Cl2N2O2. The van der Waals surface area contributed by atoms with Crippen LogP contribution >= 0.6 is 23.2 Å². The number of aliphatic hydroxyl groups is 1. The zero-order valence-electron chi connectivity index (χ0n) is 17.8. The van der Waals surface area contributed by atoms with Crippen LogP contribution in [0.4, 0.5) is 0 Å². The smallest absolute Gasteiger partial charge is 0.131 e. The van der Waals surface area contributed by atoms with E-state index < -0.39 is 6.23 Å². The second-order valence-corrected chi connectivity index (χ2v) is 8.88. The molecule has 4 nitrogen and oxygen atoms in total. The highest BCUT2D eigenvalue weighted by atomic mass is 35.5. The second-order valence-electron chi connectivity index (χ2n) is 8.07. The standard InChI is InChI=1S/C26H28Cl2N2O2/c27-23-10-9-20(16-24(23)28)25-22(11-12-29-13-14-32-25)17-30-26(31)21-8-4-7-19(15-21)18-5-2-1-3-6-18/h1-10,15-16,22,25-26,29-31H,11-14,17H2/t22-,25-,26?/m0/s1. The molecule has 1 aliphatic heterocycles. The number of hydrogen-bond acceptors (Lipinski definition) is 4. The van der Waals surface area contributed by atoms with Gasteiger partial charge in [-0.3, -0.25) is 5.32 Å². The van der Waals surface area contributed by atoms with Gasteiger partial charge in [-0.2, -0.15) is 0 Å². The Morgan fingerprint density at radius 1 is 0.938 bits per heavy atom. The monoisotopic (exact) mass is 470 g/mol. The lowest BCUT2D eigenvalue weighted by Gasteiger charge is -2.31. The largest absolute Gasteiger partial charge is 0.374 e. The van der Waals surface area contributed by atoms with Crippen molar-refractivity contribution >= 4 is 23.2 Å². The highest BCUT2D eigenvalue weighted by Gasteiger charge is 2.26. The third-order valence-electron chi connectivity index (χ3n) is 5.85. The van der Waals surface area contributed by atoms with E-state index >= 15 is 0 Å². The molecule has 1 aliphatic rings. The van der Waals surface area contributed by atoms with Gasteiger partial charge in [0, 0.05) is 19.0 Å². The molecule has 0 aliphatic carbocycles. The van der Waals surface area contributed by atoms with E-state index in [9.17, 15) is 5.11 Å². The maximum Gasteiger partial charge on any atom is 0.131 e. The molecule has 4 rings (SSSR count). The van der Waals surface area contributed by atoms with E-state index in [2.05, 4.69) is 28.8 Å². The Morgan fingerprint density at radius 3 is 2.56 bits per heavy atom. The summed E-state index contributed by atoms with van der Waals surface area (Å²) >= 11 is 12.4. The number of nitrogens with one attached hydrogen (secondary N) is 2. The first-order chi connectivity index (χ1) is 15.6. The summed E-state index contributed by atoms with van der Waals surface area (Å²) in [4.78, 5) is 0. The Balaban J connectivity index is 1.48. The molecular weight excluding hydrogens is 443 g/mol. The van der Waals surface area contributed by atoms with Crippen molar-refractivity contribution in [2.45, 2.75) is 18.8 Å². The van der Waals surface area contributed by atoms with E-state index in [4.69, 9.17) is 27.9 Å². The van der Waals surface area contributed by atoms with Gasteiger partial charge in [-0.15, -0.1) is 0 Å². The predicted molar refractivity (Wildman–Crippen MR) is 131 cm³/mol. The summed E-state index contributed by atoms with van der Waals surface area (Å²) in [7, 11) is 0. The van der Waals surface area contributed by atoms with E-state index in [1.807, 2.05) is 54.6 Å². The number of ether oxygens (including phenoxy) is 1. The first-order valence-electron chi connectivity index (χ1n) is 11.0. The molecule has 1 fully saturated rings. The average Bonchev–Trinajstić information content (AvgIpc) is 2.81. The summed E-state index contributed by atoms with van der Waals surface area (Å²) < 4.78 is 6.21. The fourth-order valence-electron chi connectivity index (χ4n) is 4.12. The van der Waals surface area contributed by atoms with E-state index in [0.717, 1.165) is 41.8 Å². The Bertz CT molecular complexity index is 1020. The molecule has 1 saturated heterocycles. The van der Waals surface area contributed by atoms with Crippen LogP contribution in [0.25, 0.3) is 11.1 Å². The molecule has 6 heteroatoms. The molecule has 0 spiro atoms. The summed E-state index contributed by atoms with van der Waals surface area (Å²) in [6, 6.07) is 23.8. The number of halogens is 2. The zero-order valence-corrected chi connectivity index (χ0v) is 19.3. The third-order valence-corrected chi connectivity index (χ3v) is 6.59. The summed E-state index contributed by atoms with van der Waals surface area (Å²) in [6.07, 6.45) is 0.0167. The summed E-state index contributed by atoms with van der Waals surface area (Å²) in [5.74, 6) is 0.159. The minimum Gasteiger partial charge on any atom is -0.374 e. The van der Waals surface area contributed by atoms with Gasteiger partial charge in [0.05, 0.1) is 22.8 Å². The van der Waals surface area contributed by atoms with Gasteiger partial charge >= 0.3 is 0 Å². The summed E-state index contributed by atoms with van der Waals surface area (Å²) in [5, 5.41) is 18.6. The molecule has 0 bridgehead atoms. The maximum absolute atomic E-state index is 10.9. The molecule has 3 N–H and O–H groups in total. The first kappa shape index (κ1) is 23.2. The number of rotatable bonds is 6. The third kappa shape index (κ3) is 5.90. The zero-order chi connectivity index (χ0) is 22.3. The van der Waals surface area contributed by atoms with Gasteiger partial charge in [-0.1, -0.05) is 77.8 Å². The van der Waals surface area contributed by atoms with Gasteiger partial charge in [0.25, 0.3) is 0 Å². The van der Waals surface area contributed by atoms with Crippen molar-refractivity contribution in [2.24, 2.45) is 5.92 Å². The van der Waals surface area contributed by atoms with Crippen molar-refractivity contribution in [3.63, 3.8) is 0 Å². The fourth-order valence-corrected chi connectivity index (χ4v) is 4.43. The Hall–Kier alpha value is -1.92. The normalized spacial score (nSPS) is 20.3. The summed E-state index contributed by atoms with van der Waals surface area (Å²) in [6.45, 7) is 2.92. The Kier molecular flexibility index (Phi) is 8.20.